The summed E-state index contributed by atoms with van der Waals surface area (Å²) in [4.78, 5) is 37.9. The first-order valence-corrected chi connectivity index (χ1v) is 9.72. The molecular weight excluding hydrogens is 394 g/mol. The van der Waals surface area contributed by atoms with Gasteiger partial charge in [0.1, 0.15) is 5.75 Å². The fourth-order valence-electron chi connectivity index (χ4n) is 3.30. The second kappa shape index (κ2) is 9.09. The Labute approximate surface area is 174 Å². The molecule has 0 atom stereocenters. The Bertz CT molecular complexity index is 933. The minimum absolute atomic E-state index is 0.0472. The zero-order valence-corrected chi connectivity index (χ0v) is 17.1. The van der Waals surface area contributed by atoms with E-state index in [1.807, 2.05) is 13.8 Å². The molecule has 7 heteroatoms. The summed E-state index contributed by atoms with van der Waals surface area (Å²) in [6.07, 6.45) is 1.32. The van der Waals surface area contributed by atoms with Gasteiger partial charge in [0.05, 0.1) is 0 Å². The SMILES string of the molecule is Cc1cc(Cl)cc(C)c1OCC(=O)OCC(=O)c1cccc(N2CCCC2=O)c1. The molecule has 0 radical (unpaired) electrons. The van der Waals surface area contributed by atoms with E-state index in [4.69, 9.17) is 21.1 Å². The lowest BCUT2D eigenvalue weighted by Gasteiger charge is -2.16. The van der Waals surface area contributed by atoms with E-state index in [0.717, 1.165) is 17.5 Å². The third-order valence-corrected chi connectivity index (χ3v) is 4.90. The molecule has 0 aromatic heterocycles. The molecule has 0 N–H and O–H groups in total. The van der Waals surface area contributed by atoms with E-state index in [0.29, 0.717) is 35.0 Å². The number of esters is 1. The van der Waals surface area contributed by atoms with E-state index in [1.54, 1.807) is 41.3 Å². The first-order chi connectivity index (χ1) is 13.8. The molecule has 1 aliphatic heterocycles. The van der Waals surface area contributed by atoms with Gasteiger partial charge in [0.15, 0.2) is 19.0 Å². The van der Waals surface area contributed by atoms with Crippen molar-refractivity contribution in [2.24, 2.45) is 0 Å². The van der Waals surface area contributed by atoms with Crippen molar-refractivity contribution < 1.29 is 23.9 Å². The summed E-state index contributed by atoms with van der Waals surface area (Å²) in [5.41, 5.74) is 2.70. The molecule has 0 saturated carbocycles. The number of hydrogen-bond donors (Lipinski definition) is 0. The summed E-state index contributed by atoms with van der Waals surface area (Å²) in [6, 6.07) is 10.3. The maximum absolute atomic E-state index is 12.4. The molecule has 0 aliphatic carbocycles. The van der Waals surface area contributed by atoms with Gasteiger partial charge in [0, 0.05) is 29.2 Å². The third-order valence-electron chi connectivity index (χ3n) is 4.68. The van der Waals surface area contributed by atoms with Gasteiger partial charge in [-0.2, -0.15) is 0 Å². The van der Waals surface area contributed by atoms with Gasteiger partial charge in [-0.15, -0.1) is 0 Å². The molecule has 1 aliphatic rings. The molecule has 1 amide bonds. The lowest BCUT2D eigenvalue weighted by Crippen LogP contribution is -2.24. The van der Waals surface area contributed by atoms with Gasteiger partial charge in [-0.05, 0) is 55.7 Å². The van der Waals surface area contributed by atoms with Crippen molar-refractivity contribution in [1.82, 2.24) is 0 Å². The van der Waals surface area contributed by atoms with Gasteiger partial charge in [-0.3, -0.25) is 9.59 Å². The molecule has 1 heterocycles. The zero-order valence-electron chi connectivity index (χ0n) is 16.4. The largest absolute Gasteiger partial charge is 0.481 e. The molecule has 2 aromatic carbocycles. The molecule has 0 unspecified atom stereocenters. The standard InChI is InChI=1S/C22H22ClNO5/c1-14-9-17(23)10-15(2)22(14)29-13-21(27)28-12-19(25)16-5-3-6-18(11-16)24-8-4-7-20(24)26/h3,5-6,9-11H,4,7-8,12-13H2,1-2H3. The van der Waals surface area contributed by atoms with Crippen LogP contribution in [0.1, 0.15) is 34.3 Å². The average Bonchev–Trinajstić information content (AvgIpc) is 3.11. The highest BCUT2D eigenvalue weighted by Gasteiger charge is 2.22. The Morgan fingerprint density at radius 1 is 1.10 bits per heavy atom. The fourth-order valence-corrected chi connectivity index (χ4v) is 3.62. The number of hydrogen-bond acceptors (Lipinski definition) is 5. The Morgan fingerprint density at radius 2 is 1.83 bits per heavy atom. The van der Waals surface area contributed by atoms with E-state index in [2.05, 4.69) is 0 Å². The van der Waals surface area contributed by atoms with E-state index < -0.39 is 12.6 Å². The van der Waals surface area contributed by atoms with E-state index in [-0.39, 0.29) is 18.3 Å². The lowest BCUT2D eigenvalue weighted by molar-refractivity contribution is -0.144. The summed E-state index contributed by atoms with van der Waals surface area (Å²) in [6.45, 7) is 3.62. The summed E-state index contributed by atoms with van der Waals surface area (Å²) in [7, 11) is 0. The van der Waals surface area contributed by atoms with Crippen LogP contribution in [0.15, 0.2) is 36.4 Å². The lowest BCUT2D eigenvalue weighted by atomic mass is 10.1. The van der Waals surface area contributed by atoms with Crippen molar-refractivity contribution in [2.75, 3.05) is 24.7 Å². The average molecular weight is 416 g/mol. The number of rotatable bonds is 7. The first-order valence-electron chi connectivity index (χ1n) is 9.34. The van der Waals surface area contributed by atoms with Crippen molar-refractivity contribution in [1.29, 1.82) is 0 Å². The fraction of sp³-hybridized carbons (Fsp3) is 0.318. The summed E-state index contributed by atoms with van der Waals surface area (Å²) < 4.78 is 10.6. The maximum atomic E-state index is 12.4. The van der Waals surface area contributed by atoms with Crippen LogP contribution in [0.4, 0.5) is 5.69 Å². The molecule has 3 rings (SSSR count). The number of anilines is 1. The highest BCUT2D eigenvalue weighted by atomic mass is 35.5. The summed E-state index contributed by atoms with van der Waals surface area (Å²) in [5, 5.41) is 0.596. The van der Waals surface area contributed by atoms with Crippen molar-refractivity contribution in [2.45, 2.75) is 26.7 Å². The molecule has 2 aromatic rings. The monoisotopic (exact) mass is 415 g/mol. The number of ether oxygens (including phenoxy) is 2. The topological polar surface area (TPSA) is 72.9 Å². The highest BCUT2D eigenvalue weighted by molar-refractivity contribution is 6.30. The van der Waals surface area contributed by atoms with Gasteiger partial charge >= 0.3 is 5.97 Å². The van der Waals surface area contributed by atoms with Gasteiger partial charge in [0.25, 0.3) is 0 Å². The van der Waals surface area contributed by atoms with Gasteiger partial charge in [-0.25, -0.2) is 4.79 Å². The normalized spacial score (nSPS) is 13.5. The number of ketones is 1. The van der Waals surface area contributed by atoms with Crippen molar-refractivity contribution in [3.8, 4) is 5.75 Å². The van der Waals surface area contributed by atoms with Crippen LogP contribution in [0.5, 0.6) is 5.75 Å². The van der Waals surface area contributed by atoms with Gasteiger partial charge in [-0.1, -0.05) is 23.7 Å². The molecule has 152 valence electrons. The Kier molecular flexibility index (Phi) is 6.54. The molecule has 0 spiro atoms. The van der Waals surface area contributed by atoms with Gasteiger partial charge < -0.3 is 14.4 Å². The number of Topliss-reactive ketones (excluding diaryl/α,β-unsaturated/α-hetero) is 1. The van der Waals surface area contributed by atoms with Crippen LogP contribution < -0.4 is 9.64 Å². The number of amides is 1. The molecular formula is C22H22ClNO5. The van der Waals surface area contributed by atoms with Crippen molar-refractivity contribution >= 4 is 34.9 Å². The molecule has 6 nitrogen and oxygen atoms in total. The van der Waals surface area contributed by atoms with Crippen LogP contribution in [0.25, 0.3) is 0 Å². The summed E-state index contributed by atoms with van der Waals surface area (Å²) >= 11 is 5.98. The number of nitrogens with zero attached hydrogens (tertiary/aromatic N) is 1. The van der Waals surface area contributed by atoms with E-state index in [1.165, 1.54) is 0 Å². The number of halogens is 1. The number of carbonyl (C=O) groups excluding carboxylic acids is 3. The Balaban J connectivity index is 1.54. The Hall–Kier alpha value is -2.86. The molecule has 29 heavy (non-hydrogen) atoms. The predicted octanol–water partition coefficient (Wildman–Crippen LogP) is 3.89. The third kappa shape index (κ3) is 5.15. The number of carbonyl (C=O) groups is 3. The predicted molar refractivity (Wildman–Crippen MR) is 110 cm³/mol. The van der Waals surface area contributed by atoms with Crippen molar-refractivity contribution in [3.05, 3.63) is 58.1 Å². The molecule has 1 saturated heterocycles. The molecule has 1 fully saturated rings. The van der Waals surface area contributed by atoms with Crippen LogP contribution in [-0.2, 0) is 14.3 Å². The smallest absolute Gasteiger partial charge is 0.344 e. The van der Waals surface area contributed by atoms with Crippen LogP contribution in [0.3, 0.4) is 0 Å². The highest BCUT2D eigenvalue weighted by Crippen LogP contribution is 2.27. The van der Waals surface area contributed by atoms with Crippen LogP contribution >= 0.6 is 11.6 Å². The molecule has 0 bridgehead atoms. The summed E-state index contributed by atoms with van der Waals surface area (Å²) in [5.74, 6) is -0.365. The van der Waals surface area contributed by atoms with E-state index >= 15 is 0 Å². The second-order valence-electron chi connectivity index (χ2n) is 6.94. The number of aryl methyl sites for hydroxylation is 2. The van der Waals surface area contributed by atoms with E-state index in [9.17, 15) is 14.4 Å². The minimum atomic E-state index is -0.641. The minimum Gasteiger partial charge on any atom is -0.481 e. The maximum Gasteiger partial charge on any atom is 0.344 e. The Morgan fingerprint density at radius 3 is 2.48 bits per heavy atom. The second-order valence-corrected chi connectivity index (χ2v) is 7.38. The van der Waals surface area contributed by atoms with Crippen molar-refractivity contribution in [3.63, 3.8) is 0 Å². The van der Waals surface area contributed by atoms with Gasteiger partial charge in [0.2, 0.25) is 5.91 Å². The van der Waals surface area contributed by atoms with Crippen LogP contribution in [0, 0.1) is 13.8 Å². The van der Waals surface area contributed by atoms with Crippen LogP contribution in [0.2, 0.25) is 5.02 Å². The quantitative estimate of drug-likeness (QED) is 0.506. The first kappa shape index (κ1) is 20.9. The number of benzene rings is 2. The zero-order chi connectivity index (χ0) is 21.0. The van der Waals surface area contributed by atoms with Crippen LogP contribution in [-0.4, -0.2) is 37.4 Å².